The topological polar surface area (TPSA) is 50.9 Å². The predicted octanol–water partition coefficient (Wildman–Crippen LogP) is 15.1. The van der Waals surface area contributed by atoms with Gasteiger partial charge in [0.2, 0.25) is 0 Å². The Balaban J connectivity index is 0.00000592. The Bertz CT molecular complexity index is 3210. The van der Waals surface area contributed by atoms with Crippen LogP contribution in [0.5, 0.6) is 5.75 Å². The summed E-state index contributed by atoms with van der Waals surface area (Å²) < 4.78 is 28.5. The number of aryl methyl sites for hydroxylation is 2. The van der Waals surface area contributed by atoms with Crippen molar-refractivity contribution in [2.24, 2.45) is 0 Å². The molecule has 0 radical (unpaired) electrons. The summed E-state index contributed by atoms with van der Waals surface area (Å²) in [6.45, 7) is 12.8. The molecular formula is C58H52N3OPt-. The summed E-state index contributed by atoms with van der Waals surface area (Å²) in [5.74, 6) is 0.589. The van der Waals surface area contributed by atoms with Gasteiger partial charge in [-0.25, -0.2) is 4.98 Å². The van der Waals surface area contributed by atoms with Crippen LogP contribution in [0.1, 0.15) is 67.9 Å². The third-order valence-electron chi connectivity index (χ3n) is 11.8. The van der Waals surface area contributed by atoms with Crippen molar-refractivity contribution in [2.45, 2.75) is 66.1 Å². The Morgan fingerprint density at radius 2 is 1.22 bits per heavy atom. The van der Waals surface area contributed by atoms with Crippen molar-refractivity contribution < 1.29 is 30.3 Å². The minimum atomic E-state index is -2.42. The molecule has 7 aromatic carbocycles. The van der Waals surface area contributed by atoms with Gasteiger partial charge in [-0.2, -0.15) is 0 Å². The van der Waals surface area contributed by atoms with E-state index in [1.165, 1.54) is 5.56 Å². The SMILES string of the molecule is [2H]C([2H])([2H])c1cc(-c2ccc(C(C)(C)C)cc2)c(-n2c(-c3ccccc3O)nc3c(-c4[c-]c(-c5cc(-c6ccc(C)cc6)ccn5)cc(C(C)(C)C)c4)cccc32)cc1-c1ccccc1.[Pt]. The fourth-order valence-electron chi connectivity index (χ4n) is 8.20. The van der Waals surface area contributed by atoms with E-state index in [1.54, 1.807) is 12.1 Å². The number of hydrogen-bond acceptors (Lipinski definition) is 3. The number of benzene rings is 7. The molecule has 63 heavy (non-hydrogen) atoms. The monoisotopic (exact) mass is 1000 g/mol. The van der Waals surface area contributed by atoms with Crippen LogP contribution >= 0.6 is 0 Å². The number of imidazole rings is 1. The summed E-state index contributed by atoms with van der Waals surface area (Å²) in [6.07, 6.45) is 1.86. The van der Waals surface area contributed by atoms with Crippen LogP contribution in [-0.2, 0) is 31.9 Å². The number of fused-ring (bicyclic) bond motifs is 1. The fourth-order valence-corrected chi connectivity index (χ4v) is 8.20. The van der Waals surface area contributed by atoms with Gasteiger partial charge in [0, 0.05) is 42.6 Å². The van der Waals surface area contributed by atoms with Gasteiger partial charge in [0.15, 0.2) is 0 Å². The molecule has 0 amide bonds. The first-order valence-corrected chi connectivity index (χ1v) is 21.2. The number of aromatic nitrogens is 3. The van der Waals surface area contributed by atoms with Gasteiger partial charge >= 0.3 is 0 Å². The van der Waals surface area contributed by atoms with Crippen molar-refractivity contribution in [3.8, 4) is 78.6 Å². The Labute approximate surface area is 390 Å². The minimum Gasteiger partial charge on any atom is -0.507 e. The quantitative estimate of drug-likeness (QED) is 0.162. The number of pyridine rings is 1. The molecule has 1 N–H and O–H groups in total. The van der Waals surface area contributed by atoms with Crippen LogP contribution in [0.25, 0.3) is 83.9 Å². The number of para-hydroxylation sites is 2. The Morgan fingerprint density at radius 3 is 1.92 bits per heavy atom. The van der Waals surface area contributed by atoms with E-state index in [9.17, 15) is 5.11 Å². The molecule has 0 bridgehead atoms. The molecule has 2 heterocycles. The smallest absolute Gasteiger partial charge is 0.148 e. The molecule has 0 unspecified atom stereocenters. The van der Waals surface area contributed by atoms with Gasteiger partial charge in [0.05, 0.1) is 22.3 Å². The summed E-state index contributed by atoms with van der Waals surface area (Å²) >= 11 is 0. The van der Waals surface area contributed by atoms with Crippen molar-refractivity contribution in [1.29, 1.82) is 0 Å². The van der Waals surface area contributed by atoms with Crippen LogP contribution in [0, 0.1) is 19.8 Å². The molecule has 9 rings (SSSR count). The average molecular weight is 1010 g/mol. The maximum absolute atomic E-state index is 11.6. The second kappa shape index (κ2) is 17.1. The average Bonchev–Trinajstić information content (AvgIpc) is 3.68. The minimum absolute atomic E-state index is 0. The molecule has 0 aliphatic carbocycles. The first-order chi connectivity index (χ1) is 30.9. The number of rotatable bonds is 7. The zero-order chi connectivity index (χ0) is 45.8. The van der Waals surface area contributed by atoms with Crippen LogP contribution in [0.15, 0.2) is 164 Å². The van der Waals surface area contributed by atoms with Gasteiger partial charge in [0.1, 0.15) is 11.6 Å². The molecule has 0 aliphatic heterocycles. The van der Waals surface area contributed by atoms with Gasteiger partial charge in [-0.15, -0.1) is 29.3 Å². The van der Waals surface area contributed by atoms with Crippen molar-refractivity contribution in [2.75, 3.05) is 0 Å². The van der Waals surface area contributed by atoms with E-state index in [1.807, 2.05) is 79.0 Å². The summed E-state index contributed by atoms with van der Waals surface area (Å²) in [6, 6.07) is 56.1. The van der Waals surface area contributed by atoms with Crippen molar-refractivity contribution in [3.63, 3.8) is 0 Å². The zero-order valence-corrected chi connectivity index (χ0v) is 39.0. The number of aromatic hydroxyl groups is 1. The van der Waals surface area contributed by atoms with Gasteiger partial charge in [0.25, 0.3) is 0 Å². The first kappa shape index (κ1) is 39.5. The van der Waals surface area contributed by atoms with Crippen LogP contribution in [-0.4, -0.2) is 19.6 Å². The fraction of sp³-hybridized carbons (Fsp3) is 0.172. The second-order valence-corrected chi connectivity index (χ2v) is 18.3. The van der Waals surface area contributed by atoms with E-state index in [4.69, 9.17) is 14.1 Å². The Morgan fingerprint density at radius 1 is 0.571 bits per heavy atom. The normalized spacial score (nSPS) is 12.7. The van der Waals surface area contributed by atoms with Crippen LogP contribution < -0.4 is 0 Å². The maximum atomic E-state index is 11.6. The second-order valence-electron chi connectivity index (χ2n) is 18.3. The third kappa shape index (κ3) is 8.58. The molecule has 0 saturated heterocycles. The molecule has 2 aromatic heterocycles. The Hall–Kier alpha value is -6.35. The molecule has 316 valence electrons. The van der Waals surface area contributed by atoms with Crippen LogP contribution in [0.3, 0.4) is 0 Å². The molecular weight excluding hydrogens is 950 g/mol. The first-order valence-electron chi connectivity index (χ1n) is 22.7. The molecule has 4 nitrogen and oxygen atoms in total. The Kier molecular flexibility index (Phi) is 10.7. The van der Waals surface area contributed by atoms with Crippen LogP contribution in [0.4, 0.5) is 0 Å². The van der Waals surface area contributed by atoms with E-state index in [2.05, 4.69) is 132 Å². The van der Waals surface area contributed by atoms with E-state index < -0.39 is 6.85 Å². The van der Waals surface area contributed by atoms with Gasteiger partial charge in [-0.3, -0.25) is 9.55 Å². The molecule has 9 aromatic rings. The molecule has 0 fully saturated rings. The molecule has 0 atom stereocenters. The van der Waals surface area contributed by atoms with E-state index >= 15 is 0 Å². The number of phenolic OH excluding ortho intramolecular Hbond substituents is 1. The van der Waals surface area contributed by atoms with Crippen molar-refractivity contribution in [1.82, 2.24) is 14.5 Å². The number of hydrogen-bond donors (Lipinski definition) is 1. The van der Waals surface area contributed by atoms with E-state index in [0.29, 0.717) is 22.5 Å². The van der Waals surface area contributed by atoms with Crippen molar-refractivity contribution >= 4 is 11.0 Å². The van der Waals surface area contributed by atoms with E-state index in [0.717, 1.165) is 72.5 Å². The third-order valence-corrected chi connectivity index (χ3v) is 11.8. The summed E-state index contributed by atoms with van der Waals surface area (Å²) in [5, 5.41) is 11.6. The van der Waals surface area contributed by atoms with E-state index in [-0.39, 0.29) is 43.2 Å². The molecule has 0 aliphatic rings. The van der Waals surface area contributed by atoms with Gasteiger partial charge in [-0.1, -0.05) is 167 Å². The predicted molar refractivity (Wildman–Crippen MR) is 259 cm³/mol. The zero-order valence-electron chi connectivity index (χ0n) is 39.7. The van der Waals surface area contributed by atoms with Gasteiger partial charge < -0.3 is 5.11 Å². The maximum Gasteiger partial charge on any atom is 0.148 e. The number of phenols is 1. The largest absolute Gasteiger partial charge is 0.507 e. The standard InChI is InChI=1S/C58H52N3O.Pt/c1-37-21-23-39(24-22-37)42-29-30-59-51(35-42)44-32-43(33-46(34-44)58(6,7)8)47-18-14-19-52-55(47)60-56(48-17-12-13-20-54(48)62)61(52)53-36-49(40-15-10-9-11-16-40)38(2)31-50(53)41-25-27-45(28-26-41)57(3,4)5;/h9-31,33-36,62H,1-8H3;/q-1;/i2D3;. The molecule has 5 heteroatoms. The summed E-state index contributed by atoms with van der Waals surface area (Å²) in [5.41, 5.74) is 14.7. The summed E-state index contributed by atoms with van der Waals surface area (Å²) in [4.78, 5) is 10.3. The van der Waals surface area contributed by atoms with Crippen molar-refractivity contribution in [3.05, 3.63) is 192 Å². The molecule has 0 spiro atoms. The summed E-state index contributed by atoms with van der Waals surface area (Å²) in [7, 11) is 0. The van der Waals surface area contributed by atoms with Crippen LogP contribution in [0.2, 0.25) is 0 Å². The molecule has 0 saturated carbocycles. The number of nitrogens with zero attached hydrogens (tertiary/aromatic N) is 3. The van der Waals surface area contributed by atoms with Gasteiger partial charge in [-0.05, 0) is 99.9 Å².